The molecule has 170 valence electrons. The topological polar surface area (TPSA) is 121 Å². The first-order chi connectivity index (χ1) is 16.6. The van der Waals surface area contributed by atoms with Crippen molar-refractivity contribution in [2.45, 2.75) is 25.4 Å². The molecule has 10 heteroatoms. The van der Waals surface area contributed by atoms with Gasteiger partial charge in [0.25, 0.3) is 0 Å². The van der Waals surface area contributed by atoms with Crippen LogP contribution in [0.5, 0.6) is 0 Å². The van der Waals surface area contributed by atoms with Crippen LogP contribution in [-0.2, 0) is 11.3 Å². The number of likely N-dealkylation sites (tertiary alicyclic amines) is 1. The lowest BCUT2D eigenvalue weighted by atomic mass is 10.1. The molecule has 4 aromatic rings. The quantitative estimate of drug-likeness (QED) is 0.369. The van der Waals surface area contributed by atoms with Crippen molar-refractivity contribution in [2.24, 2.45) is 0 Å². The molecule has 2 N–H and O–H groups in total. The van der Waals surface area contributed by atoms with Gasteiger partial charge in [0, 0.05) is 31.7 Å². The lowest BCUT2D eigenvalue weighted by Crippen LogP contribution is -2.40. The fourth-order valence-corrected chi connectivity index (χ4v) is 4.14. The molecule has 5 rings (SSSR count). The van der Waals surface area contributed by atoms with E-state index in [1.54, 1.807) is 23.5 Å². The molecular formula is C24H23N9O. The first kappa shape index (κ1) is 21.3. The van der Waals surface area contributed by atoms with E-state index in [9.17, 15) is 4.79 Å². The van der Waals surface area contributed by atoms with E-state index in [-0.39, 0.29) is 11.9 Å². The molecule has 0 radical (unpaired) electrons. The van der Waals surface area contributed by atoms with Crippen LogP contribution < -0.4 is 5.73 Å². The van der Waals surface area contributed by atoms with Gasteiger partial charge in [0.2, 0.25) is 5.91 Å². The molecule has 0 aliphatic carbocycles. The molecule has 1 amide bonds. The van der Waals surface area contributed by atoms with Crippen LogP contribution in [0.4, 0.5) is 5.82 Å². The third-order valence-electron chi connectivity index (χ3n) is 5.80. The van der Waals surface area contributed by atoms with Crippen LogP contribution in [0, 0.1) is 11.8 Å². The Labute approximate surface area is 196 Å². The first-order valence-electron chi connectivity index (χ1n) is 11.0. The van der Waals surface area contributed by atoms with Gasteiger partial charge >= 0.3 is 0 Å². The smallest absolute Gasteiger partial charge is 0.246 e. The van der Waals surface area contributed by atoms with Crippen molar-refractivity contribution in [3.8, 4) is 11.8 Å². The van der Waals surface area contributed by atoms with Crippen molar-refractivity contribution in [3.05, 3.63) is 72.7 Å². The average Bonchev–Trinajstić information content (AvgIpc) is 3.48. The van der Waals surface area contributed by atoms with Crippen LogP contribution in [0.3, 0.4) is 0 Å². The highest BCUT2D eigenvalue weighted by atomic mass is 16.2. The number of carbonyl (C=O) groups is 1. The summed E-state index contributed by atoms with van der Waals surface area (Å²) in [5.74, 6) is 6.49. The molecule has 0 aromatic carbocycles. The maximum atomic E-state index is 12.1. The summed E-state index contributed by atoms with van der Waals surface area (Å²) < 4.78 is 3.65. The Morgan fingerprint density at radius 1 is 1.26 bits per heavy atom. The molecule has 1 atom stereocenters. The number of fused-ring (bicyclic) bond motifs is 1. The van der Waals surface area contributed by atoms with Gasteiger partial charge in [0.15, 0.2) is 5.65 Å². The molecule has 0 saturated carbocycles. The van der Waals surface area contributed by atoms with Gasteiger partial charge in [-0.05, 0) is 42.5 Å². The fourth-order valence-electron chi connectivity index (χ4n) is 4.14. The van der Waals surface area contributed by atoms with Crippen molar-refractivity contribution in [1.29, 1.82) is 0 Å². The summed E-state index contributed by atoms with van der Waals surface area (Å²) in [6.45, 7) is 5.46. The van der Waals surface area contributed by atoms with Crippen LogP contribution in [0.1, 0.15) is 35.7 Å². The summed E-state index contributed by atoms with van der Waals surface area (Å²) in [6, 6.07) is 3.86. The number of piperidine rings is 1. The number of nitrogen functional groups attached to an aromatic ring is 1. The molecule has 34 heavy (non-hydrogen) atoms. The minimum atomic E-state index is -0.0842. The van der Waals surface area contributed by atoms with Gasteiger partial charge in [-0.25, -0.2) is 14.6 Å². The van der Waals surface area contributed by atoms with Crippen LogP contribution in [0.2, 0.25) is 0 Å². The van der Waals surface area contributed by atoms with Crippen molar-refractivity contribution < 1.29 is 4.79 Å². The number of pyridine rings is 1. The summed E-state index contributed by atoms with van der Waals surface area (Å²) in [5.41, 5.74) is 9.16. The highest BCUT2D eigenvalue weighted by Gasteiger charge is 2.27. The number of nitrogens with zero attached hydrogens (tertiary/aromatic N) is 8. The van der Waals surface area contributed by atoms with E-state index in [2.05, 4.69) is 38.5 Å². The number of amides is 1. The highest BCUT2D eigenvalue weighted by Crippen LogP contribution is 2.28. The van der Waals surface area contributed by atoms with E-state index < -0.39 is 0 Å². The Morgan fingerprint density at radius 3 is 2.94 bits per heavy atom. The number of carbonyl (C=O) groups excluding carboxylic acids is 1. The zero-order valence-electron chi connectivity index (χ0n) is 18.5. The van der Waals surface area contributed by atoms with E-state index in [1.165, 1.54) is 12.4 Å². The number of hydrogen-bond donors (Lipinski definition) is 1. The van der Waals surface area contributed by atoms with E-state index in [4.69, 9.17) is 10.8 Å². The molecule has 1 aliphatic heterocycles. The minimum absolute atomic E-state index is 0.0342. The minimum Gasteiger partial charge on any atom is -0.383 e. The van der Waals surface area contributed by atoms with E-state index in [1.807, 2.05) is 27.7 Å². The lowest BCUT2D eigenvalue weighted by molar-refractivity contribution is -0.127. The van der Waals surface area contributed by atoms with Crippen molar-refractivity contribution in [1.82, 2.24) is 39.4 Å². The maximum absolute atomic E-state index is 12.1. The molecule has 1 fully saturated rings. The van der Waals surface area contributed by atoms with Crippen molar-refractivity contribution in [3.63, 3.8) is 0 Å². The van der Waals surface area contributed by atoms with Crippen molar-refractivity contribution >= 4 is 22.8 Å². The molecule has 0 spiro atoms. The van der Waals surface area contributed by atoms with Crippen LogP contribution in [0.15, 0.2) is 55.9 Å². The monoisotopic (exact) mass is 453 g/mol. The Morgan fingerprint density at radius 2 is 2.12 bits per heavy atom. The number of aromatic nitrogens is 7. The van der Waals surface area contributed by atoms with E-state index >= 15 is 0 Å². The normalized spacial score (nSPS) is 15.6. The third-order valence-corrected chi connectivity index (χ3v) is 5.80. The highest BCUT2D eigenvalue weighted by molar-refractivity contribution is 5.90. The van der Waals surface area contributed by atoms with Gasteiger partial charge in [-0.2, -0.15) is 10.2 Å². The predicted octanol–water partition coefficient (Wildman–Crippen LogP) is 1.80. The molecule has 1 unspecified atom stereocenters. The van der Waals surface area contributed by atoms with E-state index in [0.717, 1.165) is 24.0 Å². The number of anilines is 1. The molecular weight excluding hydrogens is 430 g/mol. The second-order valence-electron chi connectivity index (χ2n) is 8.07. The summed E-state index contributed by atoms with van der Waals surface area (Å²) in [7, 11) is 0. The number of rotatable bonds is 4. The summed E-state index contributed by atoms with van der Waals surface area (Å²) >= 11 is 0. The Hall–Kier alpha value is -4.52. The van der Waals surface area contributed by atoms with Crippen LogP contribution in [-0.4, -0.2) is 58.4 Å². The zero-order chi connectivity index (χ0) is 23.5. The van der Waals surface area contributed by atoms with E-state index in [0.29, 0.717) is 42.2 Å². The fraction of sp³-hybridized carbons (Fsp3) is 0.250. The second-order valence-corrected chi connectivity index (χ2v) is 8.07. The number of nitrogens with two attached hydrogens (primary N) is 1. The molecule has 4 aromatic heterocycles. The van der Waals surface area contributed by atoms with Gasteiger partial charge in [-0.3, -0.25) is 14.5 Å². The molecule has 1 aliphatic rings. The summed E-state index contributed by atoms with van der Waals surface area (Å²) in [4.78, 5) is 26.5. The maximum Gasteiger partial charge on any atom is 0.246 e. The largest absolute Gasteiger partial charge is 0.383 e. The van der Waals surface area contributed by atoms with Gasteiger partial charge in [0.1, 0.15) is 17.8 Å². The second kappa shape index (κ2) is 9.15. The Bertz CT molecular complexity index is 1410. The van der Waals surface area contributed by atoms with Gasteiger partial charge in [-0.1, -0.05) is 12.5 Å². The molecule has 5 heterocycles. The Kier molecular flexibility index (Phi) is 5.74. The first-order valence-corrected chi connectivity index (χ1v) is 11.0. The summed E-state index contributed by atoms with van der Waals surface area (Å²) in [5, 5.41) is 9.75. The van der Waals surface area contributed by atoms with Gasteiger partial charge < -0.3 is 10.6 Å². The average molecular weight is 454 g/mol. The lowest BCUT2D eigenvalue weighted by Gasteiger charge is -2.32. The summed E-state index contributed by atoms with van der Waals surface area (Å²) in [6.07, 6.45) is 11.6. The van der Waals surface area contributed by atoms with Gasteiger partial charge in [0.05, 0.1) is 29.7 Å². The number of hydrogen-bond acceptors (Lipinski definition) is 7. The molecule has 10 nitrogen and oxygen atoms in total. The third kappa shape index (κ3) is 4.23. The Balaban J connectivity index is 1.45. The standard InChI is InChI=1S/C24H23N9O/c1-2-21(34)31-11-3-4-19(15-31)33-24-22(23(25)27-16-28-24)20(30-33)6-5-18-12-29-32(14-18)13-17-7-9-26-10-8-17/h2,7-10,12,14,16,19H,1,3-4,11,13,15H2,(H2,25,27,28). The molecule has 1 saturated heterocycles. The predicted molar refractivity (Wildman–Crippen MR) is 126 cm³/mol. The van der Waals surface area contributed by atoms with Crippen LogP contribution >= 0.6 is 0 Å². The van der Waals surface area contributed by atoms with Gasteiger partial charge in [-0.15, -0.1) is 0 Å². The van der Waals surface area contributed by atoms with Crippen molar-refractivity contribution in [2.75, 3.05) is 18.8 Å². The SMILES string of the molecule is C=CC(=O)N1CCCC(n2nc(C#Cc3cnn(Cc4ccncc4)c3)c3c(N)ncnc32)C1. The molecule has 0 bridgehead atoms. The zero-order valence-corrected chi connectivity index (χ0v) is 18.5. The van der Waals surface area contributed by atoms with Crippen LogP contribution in [0.25, 0.3) is 11.0 Å².